The van der Waals surface area contributed by atoms with E-state index in [4.69, 9.17) is 4.74 Å². The molecule has 3 aromatic rings. The molecule has 0 aliphatic carbocycles. The zero-order valence-corrected chi connectivity index (χ0v) is 22.7. The Morgan fingerprint density at radius 3 is 2.50 bits per heavy atom. The number of carbonyl (C=O) groups excluding carboxylic acids is 1. The lowest BCUT2D eigenvalue weighted by molar-refractivity contribution is 0.0383. The van der Waals surface area contributed by atoms with E-state index >= 15 is 0 Å². The van der Waals surface area contributed by atoms with Crippen molar-refractivity contribution in [3.8, 4) is 0 Å². The van der Waals surface area contributed by atoms with Crippen LogP contribution < -0.4 is 14.9 Å². The van der Waals surface area contributed by atoms with Crippen LogP contribution >= 0.6 is 0 Å². The summed E-state index contributed by atoms with van der Waals surface area (Å²) >= 11 is 0. The number of hydrogen-bond donors (Lipinski definition) is 2. The standard InChI is InChI=1S/C29H36N4O4S/c1-22-11-14-33(15-12-22)27-10-9-24(21-26(27)29(34)30-13-16-32-17-19-37-20-18-32)31-38(35,36)28-8-4-6-23-5-2-3-7-25(23)28/h2-10,21-22,31H,11-20H2,1H3,(H,30,34). The minimum absolute atomic E-state index is 0.196. The molecule has 0 radical (unpaired) electrons. The Morgan fingerprint density at radius 1 is 0.974 bits per heavy atom. The van der Waals surface area contributed by atoms with E-state index in [0.29, 0.717) is 42.3 Å². The quantitative estimate of drug-likeness (QED) is 0.453. The zero-order chi connectivity index (χ0) is 26.5. The van der Waals surface area contributed by atoms with E-state index in [-0.39, 0.29) is 10.8 Å². The molecule has 2 aliphatic rings. The first kappa shape index (κ1) is 26.5. The molecule has 0 spiro atoms. The summed E-state index contributed by atoms with van der Waals surface area (Å²) in [6.45, 7) is 8.40. The summed E-state index contributed by atoms with van der Waals surface area (Å²) in [5.41, 5.74) is 1.69. The van der Waals surface area contributed by atoms with Crippen LogP contribution in [0.25, 0.3) is 10.8 Å². The molecule has 0 aromatic heterocycles. The SMILES string of the molecule is CC1CCN(c2ccc(NS(=O)(=O)c3cccc4ccccc34)cc2C(=O)NCCN2CCOCC2)CC1. The van der Waals surface area contributed by atoms with Crippen molar-refractivity contribution in [2.24, 2.45) is 5.92 Å². The number of morpholine rings is 1. The van der Waals surface area contributed by atoms with E-state index in [1.54, 1.807) is 30.3 Å². The highest BCUT2D eigenvalue weighted by molar-refractivity contribution is 7.93. The van der Waals surface area contributed by atoms with Crippen molar-refractivity contribution in [1.82, 2.24) is 10.2 Å². The Kier molecular flexibility index (Phi) is 8.16. The van der Waals surface area contributed by atoms with E-state index in [9.17, 15) is 13.2 Å². The van der Waals surface area contributed by atoms with Gasteiger partial charge < -0.3 is 15.0 Å². The first-order valence-corrected chi connectivity index (χ1v) is 14.9. The summed E-state index contributed by atoms with van der Waals surface area (Å²) in [5.74, 6) is 0.460. The number of anilines is 2. The fraction of sp³-hybridized carbons (Fsp3) is 0.414. The Labute approximate surface area is 225 Å². The number of hydrogen-bond acceptors (Lipinski definition) is 6. The van der Waals surface area contributed by atoms with Crippen molar-refractivity contribution in [3.63, 3.8) is 0 Å². The van der Waals surface area contributed by atoms with E-state index in [1.807, 2.05) is 30.3 Å². The molecule has 2 saturated heterocycles. The molecule has 2 N–H and O–H groups in total. The first-order chi connectivity index (χ1) is 18.4. The van der Waals surface area contributed by atoms with Crippen molar-refractivity contribution in [3.05, 3.63) is 66.2 Å². The second-order valence-electron chi connectivity index (χ2n) is 10.2. The number of rotatable bonds is 8. The van der Waals surface area contributed by atoms with Crippen molar-refractivity contribution in [1.29, 1.82) is 0 Å². The molecule has 0 saturated carbocycles. The molecule has 202 valence electrons. The fourth-order valence-corrected chi connectivity index (χ4v) is 6.47. The van der Waals surface area contributed by atoms with Gasteiger partial charge in [0.25, 0.3) is 15.9 Å². The number of ether oxygens (including phenoxy) is 1. The van der Waals surface area contributed by atoms with Crippen LogP contribution in [-0.4, -0.2) is 71.7 Å². The lowest BCUT2D eigenvalue weighted by Gasteiger charge is -2.33. The van der Waals surface area contributed by atoms with Gasteiger partial charge in [-0.05, 0) is 48.4 Å². The van der Waals surface area contributed by atoms with E-state index in [1.165, 1.54) is 0 Å². The fourth-order valence-electron chi connectivity index (χ4n) is 5.19. The second kappa shape index (κ2) is 11.7. The van der Waals surface area contributed by atoms with Crippen LogP contribution in [0.1, 0.15) is 30.1 Å². The third-order valence-electron chi connectivity index (χ3n) is 7.47. The summed E-state index contributed by atoms with van der Waals surface area (Å²) in [4.78, 5) is 18.1. The summed E-state index contributed by atoms with van der Waals surface area (Å²) < 4.78 is 35.0. The van der Waals surface area contributed by atoms with E-state index in [0.717, 1.165) is 56.6 Å². The van der Waals surface area contributed by atoms with Gasteiger partial charge in [-0.1, -0.05) is 43.3 Å². The third kappa shape index (κ3) is 6.11. The summed E-state index contributed by atoms with van der Waals surface area (Å²) in [6.07, 6.45) is 2.13. The van der Waals surface area contributed by atoms with Gasteiger partial charge in [0.2, 0.25) is 0 Å². The lowest BCUT2D eigenvalue weighted by Crippen LogP contribution is -2.41. The number of piperidine rings is 1. The zero-order valence-electron chi connectivity index (χ0n) is 21.9. The highest BCUT2D eigenvalue weighted by atomic mass is 32.2. The minimum atomic E-state index is -3.87. The van der Waals surface area contributed by atoms with Gasteiger partial charge in [-0.25, -0.2) is 8.42 Å². The number of carbonyl (C=O) groups is 1. The molecule has 38 heavy (non-hydrogen) atoms. The normalized spacial score (nSPS) is 17.4. The van der Waals surface area contributed by atoms with E-state index < -0.39 is 10.0 Å². The molecule has 9 heteroatoms. The summed E-state index contributed by atoms with van der Waals surface area (Å²) in [5, 5.41) is 4.56. The molecule has 1 amide bonds. The molecule has 5 rings (SSSR count). The number of nitrogens with one attached hydrogen (secondary N) is 2. The Hall–Kier alpha value is -3.14. The van der Waals surface area contributed by atoms with Crippen molar-refractivity contribution in [2.75, 3.05) is 62.1 Å². The average Bonchev–Trinajstić information content (AvgIpc) is 2.93. The average molecular weight is 537 g/mol. The maximum Gasteiger partial charge on any atom is 0.262 e. The first-order valence-electron chi connectivity index (χ1n) is 13.4. The molecule has 2 aliphatic heterocycles. The maximum atomic E-state index is 13.4. The van der Waals surface area contributed by atoms with Crippen LogP contribution in [0.2, 0.25) is 0 Å². The summed E-state index contributed by atoms with van der Waals surface area (Å²) in [7, 11) is -3.87. The van der Waals surface area contributed by atoms with Gasteiger partial charge in [-0.2, -0.15) is 0 Å². The van der Waals surface area contributed by atoms with Crippen LogP contribution in [0.3, 0.4) is 0 Å². The Morgan fingerprint density at radius 2 is 1.71 bits per heavy atom. The lowest BCUT2D eigenvalue weighted by atomic mass is 9.98. The van der Waals surface area contributed by atoms with E-state index in [2.05, 4.69) is 26.8 Å². The topological polar surface area (TPSA) is 91.0 Å². The molecule has 2 fully saturated rings. The van der Waals surface area contributed by atoms with Crippen LogP contribution in [0, 0.1) is 5.92 Å². The summed E-state index contributed by atoms with van der Waals surface area (Å²) in [6, 6.07) is 17.9. The monoisotopic (exact) mass is 536 g/mol. The largest absolute Gasteiger partial charge is 0.379 e. The van der Waals surface area contributed by atoms with Gasteiger partial charge in [0, 0.05) is 56.0 Å². The third-order valence-corrected chi connectivity index (χ3v) is 8.91. The molecule has 0 atom stereocenters. The number of benzene rings is 3. The molecule has 0 unspecified atom stereocenters. The van der Waals surface area contributed by atoms with Crippen molar-refractivity contribution >= 4 is 38.1 Å². The van der Waals surface area contributed by atoms with Gasteiger partial charge in [0.1, 0.15) is 0 Å². The second-order valence-corrected chi connectivity index (χ2v) is 11.8. The van der Waals surface area contributed by atoms with Crippen LogP contribution in [-0.2, 0) is 14.8 Å². The van der Waals surface area contributed by atoms with Gasteiger partial charge in [0.05, 0.1) is 23.7 Å². The van der Waals surface area contributed by atoms with Crippen molar-refractivity contribution in [2.45, 2.75) is 24.7 Å². The number of fused-ring (bicyclic) bond motifs is 1. The van der Waals surface area contributed by atoms with Gasteiger partial charge in [-0.3, -0.25) is 14.4 Å². The van der Waals surface area contributed by atoms with Crippen LogP contribution in [0.4, 0.5) is 11.4 Å². The maximum absolute atomic E-state index is 13.4. The predicted molar refractivity (Wildman–Crippen MR) is 151 cm³/mol. The Balaban J connectivity index is 1.39. The van der Waals surface area contributed by atoms with Crippen molar-refractivity contribution < 1.29 is 17.9 Å². The number of amides is 1. The molecule has 0 bridgehead atoms. The highest BCUT2D eigenvalue weighted by Crippen LogP contribution is 2.30. The number of nitrogens with zero attached hydrogens (tertiary/aromatic N) is 2. The minimum Gasteiger partial charge on any atom is -0.379 e. The Bertz CT molecular complexity index is 1380. The molecule has 2 heterocycles. The van der Waals surface area contributed by atoms with Gasteiger partial charge in [-0.15, -0.1) is 0 Å². The van der Waals surface area contributed by atoms with Gasteiger partial charge >= 0.3 is 0 Å². The predicted octanol–water partition coefficient (Wildman–Crippen LogP) is 3.94. The molecule has 8 nitrogen and oxygen atoms in total. The van der Waals surface area contributed by atoms with Crippen LogP contribution in [0.15, 0.2) is 65.6 Å². The smallest absolute Gasteiger partial charge is 0.262 e. The van der Waals surface area contributed by atoms with Gasteiger partial charge in [0.15, 0.2) is 0 Å². The number of sulfonamides is 1. The molecule has 3 aromatic carbocycles. The molecular formula is C29H36N4O4S. The molecular weight excluding hydrogens is 500 g/mol. The highest BCUT2D eigenvalue weighted by Gasteiger charge is 2.24. The van der Waals surface area contributed by atoms with Crippen LogP contribution in [0.5, 0.6) is 0 Å².